The number of nitrogens with one attached hydrogen (secondary N) is 1. The minimum absolute atomic E-state index is 0.0819. The second-order valence-corrected chi connectivity index (χ2v) is 4.72. The second-order valence-electron chi connectivity index (χ2n) is 3.74. The summed E-state index contributed by atoms with van der Waals surface area (Å²) in [6, 6.07) is -0.415. The molecule has 0 aliphatic carbocycles. The summed E-state index contributed by atoms with van der Waals surface area (Å²) in [4.78, 5) is 15.6. The molecule has 5 heteroatoms. The predicted molar refractivity (Wildman–Crippen MR) is 61.6 cm³/mol. The van der Waals surface area contributed by atoms with Crippen molar-refractivity contribution in [2.24, 2.45) is 11.7 Å². The number of rotatable bonds is 5. The van der Waals surface area contributed by atoms with Gasteiger partial charge in [-0.3, -0.25) is 4.79 Å². The van der Waals surface area contributed by atoms with E-state index in [0.717, 1.165) is 11.4 Å². The molecule has 0 radical (unpaired) electrons. The first-order valence-electron chi connectivity index (χ1n) is 5.03. The Labute approximate surface area is 93.9 Å². The summed E-state index contributed by atoms with van der Waals surface area (Å²) < 4.78 is 0. The molecule has 0 fully saturated rings. The molecule has 0 saturated heterocycles. The van der Waals surface area contributed by atoms with Crippen LogP contribution in [0.4, 0.5) is 0 Å². The number of nitrogens with zero attached hydrogens (tertiary/aromatic N) is 1. The van der Waals surface area contributed by atoms with E-state index in [1.165, 1.54) is 0 Å². The van der Waals surface area contributed by atoms with Gasteiger partial charge in [0.05, 0.1) is 11.0 Å². The molecule has 1 aromatic rings. The van der Waals surface area contributed by atoms with Crippen molar-refractivity contribution in [3.8, 4) is 0 Å². The van der Waals surface area contributed by atoms with E-state index in [2.05, 4.69) is 10.3 Å². The van der Waals surface area contributed by atoms with Gasteiger partial charge in [0.2, 0.25) is 5.91 Å². The Hall–Kier alpha value is -0.940. The summed E-state index contributed by atoms with van der Waals surface area (Å²) in [6.07, 6.45) is 2.54. The van der Waals surface area contributed by atoms with Gasteiger partial charge in [0.1, 0.15) is 0 Å². The van der Waals surface area contributed by atoms with E-state index < -0.39 is 6.04 Å². The fraction of sp³-hybridized carbons (Fsp3) is 0.600. The van der Waals surface area contributed by atoms with Crippen molar-refractivity contribution < 1.29 is 4.79 Å². The molecule has 0 saturated carbocycles. The van der Waals surface area contributed by atoms with E-state index in [9.17, 15) is 4.79 Å². The lowest BCUT2D eigenvalue weighted by atomic mass is 10.1. The van der Waals surface area contributed by atoms with Gasteiger partial charge in [-0.25, -0.2) is 4.98 Å². The summed E-state index contributed by atoms with van der Waals surface area (Å²) in [5, 5.41) is 5.77. The monoisotopic (exact) mass is 227 g/mol. The van der Waals surface area contributed by atoms with Crippen LogP contribution in [0.1, 0.15) is 18.9 Å². The molecule has 84 valence electrons. The zero-order valence-electron chi connectivity index (χ0n) is 9.06. The number of hydrogen-bond acceptors (Lipinski definition) is 4. The van der Waals surface area contributed by atoms with Crippen molar-refractivity contribution >= 4 is 17.2 Å². The standard InChI is InChI=1S/C10H17N3OS/c1-7(2)9(11)10(14)13-4-3-8-12-5-6-15-8/h5-7,9H,3-4,11H2,1-2H3,(H,13,14). The normalized spacial score (nSPS) is 12.8. The van der Waals surface area contributed by atoms with Crippen LogP contribution in [0.5, 0.6) is 0 Å². The van der Waals surface area contributed by atoms with Gasteiger partial charge in [0.25, 0.3) is 0 Å². The lowest BCUT2D eigenvalue weighted by molar-refractivity contribution is -0.123. The molecule has 1 rings (SSSR count). The number of nitrogens with two attached hydrogens (primary N) is 1. The van der Waals surface area contributed by atoms with Gasteiger partial charge in [-0.05, 0) is 5.92 Å². The average Bonchev–Trinajstić information content (AvgIpc) is 2.69. The van der Waals surface area contributed by atoms with Crippen LogP contribution in [-0.2, 0) is 11.2 Å². The Kier molecular flexibility index (Phi) is 4.71. The molecule has 1 aromatic heterocycles. The highest BCUT2D eigenvalue weighted by Crippen LogP contribution is 2.03. The van der Waals surface area contributed by atoms with Crippen molar-refractivity contribution in [3.63, 3.8) is 0 Å². The molecule has 0 bridgehead atoms. The first-order chi connectivity index (χ1) is 7.11. The van der Waals surface area contributed by atoms with Crippen molar-refractivity contribution in [2.45, 2.75) is 26.3 Å². The third kappa shape index (κ3) is 3.97. The Bertz CT molecular complexity index is 298. The maximum atomic E-state index is 11.5. The number of amides is 1. The van der Waals surface area contributed by atoms with E-state index in [4.69, 9.17) is 5.73 Å². The van der Waals surface area contributed by atoms with Gasteiger partial charge >= 0.3 is 0 Å². The number of carbonyl (C=O) groups excluding carboxylic acids is 1. The summed E-state index contributed by atoms with van der Waals surface area (Å²) in [6.45, 7) is 4.48. The third-order valence-electron chi connectivity index (χ3n) is 2.14. The molecule has 4 nitrogen and oxygen atoms in total. The highest BCUT2D eigenvalue weighted by molar-refractivity contribution is 7.09. The van der Waals surface area contributed by atoms with Crippen LogP contribution in [0.3, 0.4) is 0 Å². The SMILES string of the molecule is CC(C)C(N)C(=O)NCCc1nccs1. The molecule has 0 aliphatic rings. The van der Waals surface area contributed by atoms with Gasteiger partial charge in [0, 0.05) is 24.5 Å². The van der Waals surface area contributed by atoms with E-state index in [0.29, 0.717) is 6.54 Å². The van der Waals surface area contributed by atoms with Gasteiger partial charge < -0.3 is 11.1 Å². The van der Waals surface area contributed by atoms with Gasteiger partial charge in [-0.1, -0.05) is 13.8 Å². The highest BCUT2D eigenvalue weighted by atomic mass is 32.1. The molecular weight excluding hydrogens is 210 g/mol. The Morgan fingerprint density at radius 1 is 1.67 bits per heavy atom. The second kappa shape index (κ2) is 5.82. The van der Waals surface area contributed by atoms with Crippen LogP contribution in [0.2, 0.25) is 0 Å². The van der Waals surface area contributed by atoms with Crippen LogP contribution in [-0.4, -0.2) is 23.5 Å². The number of aromatic nitrogens is 1. The predicted octanol–water partition coefficient (Wildman–Crippen LogP) is 0.785. The summed E-state index contributed by atoms with van der Waals surface area (Å²) in [5.74, 6) is 0.0893. The zero-order valence-corrected chi connectivity index (χ0v) is 9.88. The Morgan fingerprint density at radius 3 is 2.93 bits per heavy atom. The smallest absolute Gasteiger partial charge is 0.237 e. The molecule has 0 aromatic carbocycles. The molecule has 3 N–H and O–H groups in total. The van der Waals surface area contributed by atoms with Crippen molar-refractivity contribution in [1.29, 1.82) is 0 Å². The molecule has 1 heterocycles. The number of hydrogen-bond donors (Lipinski definition) is 2. The first-order valence-corrected chi connectivity index (χ1v) is 5.91. The van der Waals surface area contributed by atoms with E-state index in [-0.39, 0.29) is 11.8 Å². The molecule has 1 unspecified atom stereocenters. The van der Waals surface area contributed by atoms with Crippen LogP contribution in [0, 0.1) is 5.92 Å². The fourth-order valence-electron chi connectivity index (χ4n) is 1.09. The minimum Gasteiger partial charge on any atom is -0.354 e. The van der Waals surface area contributed by atoms with Crippen molar-refractivity contribution in [1.82, 2.24) is 10.3 Å². The highest BCUT2D eigenvalue weighted by Gasteiger charge is 2.16. The molecular formula is C10H17N3OS. The van der Waals surface area contributed by atoms with Crippen LogP contribution >= 0.6 is 11.3 Å². The third-order valence-corrected chi connectivity index (χ3v) is 2.98. The van der Waals surface area contributed by atoms with E-state index in [1.807, 2.05) is 19.2 Å². The maximum Gasteiger partial charge on any atom is 0.237 e. The fourth-order valence-corrected chi connectivity index (χ4v) is 1.71. The Morgan fingerprint density at radius 2 is 2.40 bits per heavy atom. The summed E-state index contributed by atoms with van der Waals surface area (Å²) >= 11 is 1.60. The van der Waals surface area contributed by atoms with Crippen molar-refractivity contribution in [3.05, 3.63) is 16.6 Å². The lowest BCUT2D eigenvalue weighted by Crippen LogP contribution is -2.44. The summed E-state index contributed by atoms with van der Waals surface area (Å²) in [5.41, 5.74) is 5.69. The van der Waals surface area contributed by atoms with Gasteiger partial charge in [-0.2, -0.15) is 0 Å². The first kappa shape index (κ1) is 12.1. The van der Waals surface area contributed by atoms with Crippen LogP contribution in [0.15, 0.2) is 11.6 Å². The van der Waals surface area contributed by atoms with E-state index >= 15 is 0 Å². The minimum atomic E-state index is -0.415. The van der Waals surface area contributed by atoms with Crippen LogP contribution < -0.4 is 11.1 Å². The largest absolute Gasteiger partial charge is 0.354 e. The topological polar surface area (TPSA) is 68.0 Å². The maximum absolute atomic E-state index is 11.5. The molecule has 1 atom stereocenters. The van der Waals surface area contributed by atoms with Crippen molar-refractivity contribution in [2.75, 3.05) is 6.54 Å². The van der Waals surface area contributed by atoms with Gasteiger partial charge in [0.15, 0.2) is 0 Å². The number of thiazole rings is 1. The quantitative estimate of drug-likeness (QED) is 0.781. The van der Waals surface area contributed by atoms with Gasteiger partial charge in [-0.15, -0.1) is 11.3 Å². The zero-order chi connectivity index (χ0) is 11.3. The summed E-state index contributed by atoms with van der Waals surface area (Å²) in [7, 11) is 0. The average molecular weight is 227 g/mol. The number of carbonyl (C=O) groups is 1. The molecule has 1 amide bonds. The molecule has 15 heavy (non-hydrogen) atoms. The molecule has 0 aliphatic heterocycles. The molecule has 0 spiro atoms. The van der Waals surface area contributed by atoms with E-state index in [1.54, 1.807) is 17.5 Å². The van der Waals surface area contributed by atoms with Crippen LogP contribution in [0.25, 0.3) is 0 Å². The lowest BCUT2D eigenvalue weighted by Gasteiger charge is -2.14. The Balaban J connectivity index is 2.23.